The number of carbonyl (C=O) groups is 6. The number of nitrogens with zero attached hydrogens (tertiary/aromatic N) is 2. The van der Waals surface area contributed by atoms with Gasteiger partial charge in [-0.1, -0.05) is 0 Å². The molecule has 10 heteroatoms. The number of hydrogen-bond acceptors (Lipinski definition) is 8. The zero-order valence-electron chi connectivity index (χ0n) is 19.3. The summed E-state index contributed by atoms with van der Waals surface area (Å²) in [5, 5.41) is 0.264. The van der Waals surface area contributed by atoms with Crippen LogP contribution in [0.15, 0.2) is 0 Å². The number of imide groups is 2. The third-order valence-electron chi connectivity index (χ3n) is 7.63. The van der Waals surface area contributed by atoms with Crippen LogP contribution in [0.5, 0.6) is 0 Å². The lowest BCUT2D eigenvalue weighted by molar-refractivity contribution is -0.201. The van der Waals surface area contributed by atoms with Crippen LogP contribution < -0.4 is 0 Å². The van der Waals surface area contributed by atoms with Gasteiger partial charge in [-0.15, -0.1) is 16.8 Å². The average molecular weight is 493 g/mol. The average Bonchev–Trinajstić information content (AvgIpc) is 3.30. The standard InChI is InChI=1S/C24H32N2O7S/c27-13-16-1-3-17(4-2-16)14-34-19-11-22(30)25(23(19)31)12-15-5-7-18(8-6-15)24(32)33-26-20(28)9-10-21(26)29/h13,15-19H,1-12,14H2/t15-,16-,17-,18-,19?. The Labute approximate surface area is 203 Å². The minimum Gasteiger partial charge on any atom is -0.330 e. The van der Waals surface area contributed by atoms with E-state index in [0.29, 0.717) is 43.2 Å². The lowest BCUT2D eigenvalue weighted by Gasteiger charge is -2.30. The molecule has 4 amide bonds. The fourth-order valence-corrected chi connectivity index (χ4v) is 6.75. The van der Waals surface area contributed by atoms with E-state index in [1.165, 1.54) is 4.90 Å². The summed E-state index contributed by atoms with van der Waals surface area (Å²) < 4.78 is 0. The van der Waals surface area contributed by atoms with Crippen LogP contribution in [-0.4, -0.2) is 63.4 Å². The van der Waals surface area contributed by atoms with Crippen molar-refractivity contribution in [1.29, 1.82) is 0 Å². The summed E-state index contributed by atoms with van der Waals surface area (Å²) in [4.78, 5) is 78.4. The fourth-order valence-electron chi connectivity index (χ4n) is 5.38. The summed E-state index contributed by atoms with van der Waals surface area (Å²) in [6.07, 6.45) is 7.69. The van der Waals surface area contributed by atoms with Crippen molar-refractivity contribution in [3.63, 3.8) is 0 Å². The Morgan fingerprint density at radius 3 is 2.12 bits per heavy atom. The molecule has 4 fully saturated rings. The molecule has 1 atom stereocenters. The van der Waals surface area contributed by atoms with Crippen molar-refractivity contribution in [2.45, 2.75) is 75.9 Å². The number of thioether (sulfide) groups is 1. The molecule has 0 N–H and O–H groups in total. The molecule has 2 aliphatic carbocycles. The van der Waals surface area contributed by atoms with Gasteiger partial charge >= 0.3 is 5.97 Å². The molecule has 34 heavy (non-hydrogen) atoms. The predicted molar refractivity (Wildman–Crippen MR) is 122 cm³/mol. The van der Waals surface area contributed by atoms with Gasteiger partial charge in [-0.25, -0.2) is 4.79 Å². The molecule has 9 nitrogen and oxygen atoms in total. The number of hydrogen-bond donors (Lipinski definition) is 0. The van der Waals surface area contributed by atoms with Crippen molar-refractivity contribution < 1.29 is 33.6 Å². The first-order valence-electron chi connectivity index (χ1n) is 12.3. The first kappa shape index (κ1) is 24.9. The second-order valence-electron chi connectivity index (χ2n) is 10.00. The van der Waals surface area contributed by atoms with Crippen LogP contribution >= 0.6 is 11.8 Å². The molecule has 2 saturated carbocycles. The maximum Gasteiger partial charge on any atom is 0.336 e. The zero-order chi connectivity index (χ0) is 24.2. The van der Waals surface area contributed by atoms with Crippen molar-refractivity contribution in [1.82, 2.24) is 9.96 Å². The van der Waals surface area contributed by atoms with Crippen molar-refractivity contribution in [3.8, 4) is 0 Å². The number of carbonyl (C=O) groups excluding carboxylic acids is 6. The molecule has 0 aromatic carbocycles. The molecule has 4 rings (SSSR count). The van der Waals surface area contributed by atoms with Gasteiger partial charge in [0.1, 0.15) is 6.29 Å². The summed E-state index contributed by atoms with van der Waals surface area (Å²) in [7, 11) is 0. The van der Waals surface area contributed by atoms with Crippen LogP contribution in [-0.2, 0) is 33.6 Å². The summed E-state index contributed by atoms with van der Waals surface area (Å²) in [5.74, 6) is -0.503. The van der Waals surface area contributed by atoms with Gasteiger partial charge in [0.25, 0.3) is 11.8 Å². The van der Waals surface area contributed by atoms with Crippen LogP contribution in [0.1, 0.15) is 70.6 Å². The molecule has 0 radical (unpaired) electrons. The van der Waals surface area contributed by atoms with E-state index in [-0.39, 0.29) is 54.1 Å². The molecule has 0 spiro atoms. The van der Waals surface area contributed by atoms with Gasteiger partial charge in [-0.3, -0.25) is 24.1 Å². The topological polar surface area (TPSA) is 118 Å². The second-order valence-corrected chi connectivity index (χ2v) is 11.2. The summed E-state index contributed by atoms with van der Waals surface area (Å²) >= 11 is 1.58. The quantitative estimate of drug-likeness (QED) is 0.374. The van der Waals surface area contributed by atoms with Gasteiger partial charge in [-0.2, -0.15) is 0 Å². The molecule has 1 unspecified atom stereocenters. The molecule has 0 aromatic rings. The van der Waals surface area contributed by atoms with Crippen molar-refractivity contribution in [3.05, 3.63) is 0 Å². The smallest absolute Gasteiger partial charge is 0.330 e. The van der Waals surface area contributed by atoms with Gasteiger partial charge in [0.15, 0.2) is 0 Å². The van der Waals surface area contributed by atoms with Crippen LogP contribution in [0.25, 0.3) is 0 Å². The first-order chi connectivity index (χ1) is 16.4. The Hall–Kier alpha value is -2.23. The van der Waals surface area contributed by atoms with Crippen LogP contribution in [0.4, 0.5) is 0 Å². The second kappa shape index (κ2) is 11.0. The van der Waals surface area contributed by atoms with Gasteiger partial charge in [0.2, 0.25) is 11.8 Å². The number of amides is 4. The van der Waals surface area contributed by atoms with Crippen LogP contribution in [0.3, 0.4) is 0 Å². The van der Waals surface area contributed by atoms with E-state index in [4.69, 9.17) is 4.84 Å². The van der Waals surface area contributed by atoms with Crippen molar-refractivity contribution in [2.24, 2.45) is 23.7 Å². The minimum absolute atomic E-state index is 0.0668. The van der Waals surface area contributed by atoms with E-state index in [9.17, 15) is 28.8 Å². The molecule has 186 valence electrons. The van der Waals surface area contributed by atoms with E-state index in [0.717, 1.165) is 37.7 Å². The highest BCUT2D eigenvalue weighted by molar-refractivity contribution is 8.00. The number of aldehydes is 1. The number of likely N-dealkylation sites (tertiary alicyclic amines) is 1. The molecule has 0 aromatic heterocycles. The van der Waals surface area contributed by atoms with Crippen molar-refractivity contribution >= 4 is 47.6 Å². The number of hydroxylamine groups is 2. The number of rotatable bonds is 8. The maximum atomic E-state index is 12.9. The molecule has 2 saturated heterocycles. The van der Waals surface area contributed by atoms with Crippen LogP contribution in [0, 0.1) is 23.7 Å². The lowest BCUT2D eigenvalue weighted by Crippen LogP contribution is -2.39. The molecule has 2 aliphatic heterocycles. The third-order valence-corrected chi connectivity index (χ3v) is 9.06. The van der Waals surface area contributed by atoms with Gasteiger partial charge < -0.3 is 9.63 Å². The largest absolute Gasteiger partial charge is 0.336 e. The Bertz CT molecular complexity index is 830. The Morgan fingerprint density at radius 1 is 0.882 bits per heavy atom. The highest BCUT2D eigenvalue weighted by Gasteiger charge is 2.41. The maximum absolute atomic E-state index is 12.9. The monoisotopic (exact) mass is 492 g/mol. The van der Waals surface area contributed by atoms with E-state index in [1.807, 2.05) is 0 Å². The molecule has 2 heterocycles. The molecule has 0 bridgehead atoms. The zero-order valence-corrected chi connectivity index (χ0v) is 20.1. The van der Waals surface area contributed by atoms with Gasteiger partial charge in [0.05, 0.1) is 11.2 Å². The Kier molecular flexibility index (Phi) is 8.06. The predicted octanol–water partition coefficient (Wildman–Crippen LogP) is 2.27. The normalized spacial score (nSPS) is 32.4. The third kappa shape index (κ3) is 5.70. The summed E-state index contributed by atoms with van der Waals surface area (Å²) in [5.41, 5.74) is 0. The van der Waals surface area contributed by atoms with E-state index in [2.05, 4.69) is 0 Å². The lowest BCUT2D eigenvalue weighted by atomic mass is 9.82. The SMILES string of the molecule is O=C[C@H]1CC[C@H](CSC2CC(=O)N(C[C@H]3CC[C@H](C(=O)ON4C(=O)CCC4=O)CC3)C2=O)CC1. The molecular formula is C24H32N2O7S. The summed E-state index contributed by atoms with van der Waals surface area (Å²) in [6, 6.07) is 0. The van der Waals surface area contributed by atoms with Crippen molar-refractivity contribution in [2.75, 3.05) is 12.3 Å². The highest BCUT2D eigenvalue weighted by atomic mass is 32.2. The Balaban J connectivity index is 1.19. The van der Waals surface area contributed by atoms with Gasteiger partial charge in [-0.05, 0) is 69.0 Å². The van der Waals surface area contributed by atoms with E-state index < -0.39 is 17.8 Å². The summed E-state index contributed by atoms with van der Waals surface area (Å²) in [6.45, 7) is 0.379. The first-order valence-corrected chi connectivity index (χ1v) is 13.4. The fraction of sp³-hybridized carbons (Fsp3) is 0.750. The Morgan fingerprint density at radius 2 is 1.50 bits per heavy atom. The minimum atomic E-state index is -0.561. The highest BCUT2D eigenvalue weighted by Crippen LogP contribution is 2.36. The van der Waals surface area contributed by atoms with Gasteiger partial charge in [0, 0.05) is 31.7 Å². The van der Waals surface area contributed by atoms with Crippen LogP contribution in [0.2, 0.25) is 0 Å². The molecular weight excluding hydrogens is 460 g/mol. The molecule has 4 aliphatic rings. The van der Waals surface area contributed by atoms with E-state index in [1.54, 1.807) is 11.8 Å². The van der Waals surface area contributed by atoms with E-state index >= 15 is 0 Å².